The monoisotopic (exact) mass is 394 g/mol. The number of allylic oxidation sites excluding steroid dienone is 4. The third-order valence-corrected chi connectivity index (χ3v) is 4.44. The van der Waals surface area contributed by atoms with Crippen molar-refractivity contribution in [3.63, 3.8) is 0 Å². The molecule has 1 rings (SSSR count). The van der Waals surface area contributed by atoms with Crippen molar-refractivity contribution >= 4 is 5.97 Å². The quantitative estimate of drug-likeness (QED) is 0.358. The van der Waals surface area contributed by atoms with Crippen molar-refractivity contribution < 1.29 is 30.0 Å². The van der Waals surface area contributed by atoms with Gasteiger partial charge >= 0.3 is 5.97 Å². The molecule has 1 saturated heterocycles. The van der Waals surface area contributed by atoms with Crippen LogP contribution in [0.3, 0.4) is 0 Å². The summed E-state index contributed by atoms with van der Waals surface area (Å²) in [6.07, 6.45) is 15.2. The highest BCUT2D eigenvalue weighted by molar-refractivity contribution is 5.66. The Bertz CT molecular complexity index is 551. The molecule has 6 heteroatoms. The van der Waals surface area contributed by atoms with Gasteiger partial charge in [0.2, 0.25) is 0 Å². The number of aliphatic hydroxyl groups is 3. The minimum atomic E-state index is -0.870. The molecule has 0 amide bonds. The molecule has 4 N–H and O–H groups in total. The zero-order valence-corrected chi connectivity index (χ0v) is 16.6. The molecule has 1 heterocycles. The SMILES string of the molecule is CC/C=C\CC(O)/C=C/C(O)C1CC(O)C(C/C=C\C/C=C\CCC(=O)O)O1. The van der Waals surface area contributed by atoms with E-state index >= 15 is 0 Å². The Morgan fingerprint density at radius 1 is 1.11 bits per heavy atom. The zero-order valence-electron chi connectivity index (χ0n) is 16.6. The third kappa shape index (κ3) is 10.6. The van der Waals surface area contributed by atoms with Crippen LogP contribution in [-0.4, -0.2) is 56.9 Å². The van der Waals surface area contributed by atoms with Gasteiger partial charge in [-0.15, -0.1) is 0 Å². The number of aliphatic carboxylic acids is 1. The number of hydrogen-bond donors (Lipinski definition) is 4. The average Bonchev–Trinajstić information content (AvgIpc) is 3.02. The minimum absolute atomic E-state index is 0.132. The summed E-state index contributed by atoms with van der Waals surface area (Å²) < 4.78 is 5.76. The lowest BCUT2D eigenvalue weighted by Gasteiger charge is -2.16. The van der Waals surface area contributed by atoms with Gasteiger partial charge in [0.25, 0.3) is 0 Å². The van der Waals surface area contributed by atoms with Crippen molar-refractivity contribution in [1.29, 1.82) is 0 Å². The van der Waals surface area contributed by atoms with Crippen LogP contribution in [0.5, 0.6) is 0 Å². The molecule has 28 heavy (non-hydrogen) atoms. The summed E-state index contributed by atoms with van der Waals surface area (Å²) in [7, 11) is 0. The molecule has 0 aromatic heterocycles. The van der Waals surface area contributed by atoms with Gasteiger partial charge in [-0.2, -0.15) is 0 Å². The highest BCUT2D eigenvalue weighted by Gasteiger charge is 2.36. The van der Waals surface area contributed by atoms with E-state index < -0.39 is 30.4 Å². The molecule has 0 spiro atoms. The highest BCUT2D eigenvalue weighted by Crippen LogP contribution is 2.26. The molecule has 0 saturated carbocycles. The highest BCUT2D eigenvalue weighted by atomic mass is 16.5. The van der Waals surface area contributed by atoms with Crippen molar-refractivity contribution in [1.82, 2.24) is 0 Å². The molecule has 6 nitrogen and oxygen atoms in total. The number of ether oxygens (including phenoxy) is 1. The fourth-order valence-corrected chi connectivity index (χ4v) is 2.87. The molecule has 1 fully saturated rings. The molecule has 0 aromatic rings. The summed E-state index contributed by atoms with van der Waals surface area (Å²) in [5.41, 5.74) is 0. The lowest BCUT2D eigenvalue weighted by Crippen LogP contribution is -2.24. The molecule has 5 atom stereocenters. The first-order valence-corrected chi connectivity index (χ1v) is 9.98. The zero-order chi connectivity index (χ0) is 20.8. The Labute approximate surface area is 167 Å². The summed E-state index contributed by atoms with van der Waals surface area (Å²) in [5, 5.41) is 38.7. The van der Waals surface area contributed by atoms with Crippen LogP contribution in [0.1, 0.15) is 51.9 Å². The van der Waals surface area contributed by atoms with Gasteiger partial charge in [0.1, 0.15) is 0 Å². The molecule has 158 valence electrons. The van der Waals surface area contributed by atoms with E-state index in [-0.39, 0.29) is 12.5 Å². The first-order valence-electron chi connectivity index (χ1n) is 9.98. The van der Waals surface area contributed by atoms with Crippen LogP contribution < -0.4 is 0 Å². The number of carboxylic acids is 1. The van der Waals surface area contributed by atoms with Crippen molar-refractivity contribution in [2.75, 3.05) is 0 Å². The number of aliphatic hydroxyl groups excluding tert-OH is 3. The molecule has 1 aliphatic rings. The Kier molecular flexibility index (Phi) is 12.4. The van der Waals surface area contributed by atoms with Gasteiger partial charge in [0.05, 0.1) is 30.5 Å². The second-order valence-electron chi connectivity index (χ2n) is 6.92. The maximum Gasteiger partial charge on any atom is 0.303 e. The van der Waals surface area contributed by atoms with Gasteiger partial charge in [-0.1, -0.05) is 55.5 Å². The van der Waals surface area contributed by atoms with E-state index in [1.54, 1.807) is 6.08 Å². The molecule has 0 radical (unpaired) electrons. The van der Waals surface area contributed by atoms with Crippen LogP contribution in [0.2, 0.25) is 0 Å². The van der Waals surface area contributed by atoms with Crippen LogP contribution in [0.25, 0.3) is 0 Å². The van der Waals surface area contributed by atoms with Gasteiger partial charge in [-0.3, -0.25) is 4.79 Å². The number of carbonyl (C=O) groups is 1. The van der Waals surface area contributed by atoms with Gasteiger partial charge in [0, 0.05) is 12.8 Å². The van der Waals surface area contributed by atoms with Crippen molar-refractivity contribution in [2.45, 2.75) is 82.4 Å². The Morgan fingerprint density at radius 3 is 2.57 bits per heavy atom. The van der Waals surface area contributed by atoms with Crippen LogP contribution in [0.15, 0.2) is 48.6 Å². The van der Waals surface area contributed by atoms with E-state index in [0.717, 1.165) is 6.42 Å². The van der Waals surface area contributed by atoms with E-state index in [4.69, 9.17) is 9.84 Å². The van der Waals surface area contributed by atoms with Gasteiger partial charge < -0.3 is 25.2 Å². The van der Waals surface area contributed by atoms with Gasteiger partial charge in [-0.05, 0) is 32.1 Å². The van der Waals surface area contributed by atoms with Crippen molar-refractivity contribution in [3.8, 4) is 0 Å². The van der Waals surface area contributed by atoms with Gasteiger partial charge in [-0.25, -0.2) is 0 Å². The average molecular weight is 395 g/mol. The second-order valence-corrected chi connectivity index (χ2v) is 6.92. The molecular formula is C22H34O6. The molecule has 0 aliphatic carbocycles. The standard InChI is InChI=1S/C22H34O6/c1-2-3-8-11-17(23)14-15-18(24)21-16-19(25)20(28-21)12-9-6-4-5-7-10-13-22(26)27/h3,5-9,14-15,17-21,23-25H,2,4,10-13,16H2,1H3,(H,26,27)/b7-5-,8-3-,9-6-,15-14+. The summed E-state index contributed by atoms with van der Waals surface area (Å²) in [6.45, 7) is 2.02. The summed E-state index contributed by atoms with van der Waals surface area (Å²) in [5.74, 6) is -0.804. The van der Waals surface area contributed by atoms with Crippen molar-refractivity contribution in [2.24, 2.45) is 0 Å². The van der Waals surface area contributed by atoms with E-state index in [2.05, 4.69) is 0 Å². The molecule has 5 unspecified atom stereocenters. The fraction of sp³-hybridized carbons (Fsp3) is 0.591. The lowest BCUT2D eigenvalue weighted by molar-refractivity contribution is -0.136. The smallest absolute Gasteiger partial charge is 0.303 e. The summed E-state index contributed by atoms with van der Waals surface area (Å²) in [4.78, 5) is 10.4. The largest absolute Gasteiger partial charge is 0.481 e. The number of hydrogen-bond acceptors (Lipinski definition) is 5. The third-order valence-electron chi connectivity index (χ3n) is 4.44. The Balaban J connectivity index is 2.32. The topological polar surface area (TPSA) is 107 Å². The summed E-state index contributed by atoms with van der Waals surface area (Å²) >= 11 is 0. The van der Waals surface area contributed by atoms with E-state index in [0.29, 0.717) is 32.1 Å². The molecule has 0 bridgehead atoms. The normalized spacial score (nSPS) is 25.5. The first kappa shape index (κ1) is 24.3. The van der Waals surface area contributed by atoms with E-state index in [1.807, 2.05) is 43.4 Å². The van der Waals surface area contributed by atoms with Crippen LogP contribution in [0, 0.1) is 0 Å². The Hall–Kier alpha value is -1.73. The lowest BCUT2D eigenvalue weighted by atomic mass is 10.0. The van der Waals surface area contributed by atoms with E-state index in [1.165, 1.54) is 6.08 Å². The maximum atomic E-state index is 10.4. The first-order chi connectivity index (χ1) is 13.4. The van der Waals surface area contributed by atoms with Crippen LogP contribution in [0.4, 0.5) is 0 Å². The maximum absolute atomic E-state index is 10.4. The van der Waals surface area contributed by atoms with Crippen molar-refractivity contribution in [3.05, 3.63) is 48.6 Å². The predicted octanol–water partition coefficient (Wildman–Crippen LogP) is 2.90. The fourth-order valence-electron chi connectivity index (χ4n) is 2.87. The number of rotatable bonds is 13. The molecule has 0 aromatic carbocycles. The predicted molar refractivity (Wildman–Crippen MR) is 109 cm³/mol. The second kappa shape index (κ2) is 14.3. The number of carboxylic acid groups (broad SMARTS) is 1. The summed E-state index contributed by atoms with van der Waals surface area (Å²) in [6, 6.07) is 0. The van der Waals surface area contributed by atoms with Gasteiger partial charge in [0.15, 0.2) is 0 Å². The molecule has 1 aliphatic heterocycles. The van der Waals surface area contributed by atoms with Crippen LogP contribution >= 0.6 is 0 Å². The minimum Gasteiger partial charge on any atom is -0.481 e. The van der Waals surface area contributed by atoms with E-state index in [9.17, 15) is 20.1 Å². The molecular weight excluding hydrogens is 360 g/mol. The Morgan fingerprint density at radius 2 is 1.86 bits per heavy atom. The van der Waals surface area contributed by atoms with Crippen LogP contribution in [-0.2, 0) is 9.53 Å².